The van der Waals surface area contributed by atoms with Crippen LogP contribution in [0.3, 0.4) is 0 Å². The van der Waals surface area contributed by atoms with Crippen LogP contribution in [0.1, 0.15) is 25.0 Å². The van der Waals surface area contributed by atoms with Crippen LogP contribution in [-0.4, -0.2) is 4.57 Å². The molecule has 1 aromatic heterocycles. The van der Waals surface area contributed by atoms with Crippen molar-refractivity contribution in [2.45, 2.75) is 19.3 Å². The Kier molecular flexibility index (Phi) is 8.20. The summed E-state index contributed by atoms with van der Waals surface area (Å²) in [5.41, 5.74) is 20.5. The second kappa shape index (κ2) is 13.9. The molecule has 10 aromatic rings. The van der Waals surface area contributed by atoms with Crippen LogP contribution in [0.2, 0.25) is 0 Å². The molecule has 0 unspecified atom stereocenters. The van der Waals surface area contributed by atoms with Crippen LogP contribution in [0.5, 0.6) is 0 Å². The largest absolute Gasteiger partial charge is 0.355 e. The van der Waals surface area contributed by atoms with Crippen molar-refractivity contribution in [3.63, 3.8) is 0 Å². The Bertz CT molecular complexity index is 3190. The average molecular weight is 755 g/mol. The summed E-state index contributed by atoms with van der Waals surface area (Å²) in [6, 6.07) is 77.3. The van der Waals surface area contributed by atoms with Gasteiger partial charge in [-0.1, -0.05) is 172 Å². The Morgan fingerprint density at radius 2 is 0.966 bits per heavy atom. The Morgan fingerprint density at radius 3 is 1.71 bits per heavy atom. The van der Waals surface area contributed by atoms with E-state index in [-0.39, 0.29) is 5.41 Å². The van der Waals surface area contributed by atoms with Crippen molar-refractivity contribution in [2.24, 2.45) is 0 Å². The lowest BCUT2D eigenvalue weighted by atomic mass is 9.82. The van der Waals surface area contributed by atoms with Crippen LogP contribution in [-0.2, 0) is 5.41 Å². The van der Waals surface area contributed by atoms with Gasteiger partial charge in [0.15, 0.2) is 0 Å². The Labute approximate surface area is 345 Å². The number of nitrogens with zero attached hydrogens (tertiary/aromatic N) is 1. The van der Waals surface area contributed by atoms with E-state index in [0.29, 0.717) is 0 Å². The van der Waals surface area contributed by atoms with Gasteiger partial charge in [0, 0.05) is 38.8 Å². The van der Waals surface area contributed by atoms with Gasteiger partial charge in [-0.15, -0.1) is 0 Å². The van der Waals surface area contributed by atoms with Gasteiger partial charge in [0.05, 0.1) is 11.0 Å². The van der Waals surface area contributed by atoms with Gasteiger partial charge in [0.2, 0.25) is 0 Å². The lowest BCUT2D eigenvalue weighted by Crippen LogP contribution is -2.14. The maximum absolute atomic E-state index is 3.79. The standard InChI is InChI=1S/C57H42N2/c1-57(2)50-27-13-12-26-47(50)55-51(57)30-33-54-56(55)49-37-44(29-32-53(49)59(54)46-25-15-23-42(35-46)39-18-8-4-9-19-39)43-28-31-52(48(36-43)40-20-10-5-11-21-40)58-45-24-14-22-41(34-45)38-16-6-3-7-17-38/h3-37,58H,1-2H3. The molecule has 0 spiro atoms. The fraction of sp³-hybridized carbons (Fsp3) is 0.0526. The topological polar surface area (TPSA) is 17.0 Å². The lowest BCUT2D eigenvalue weighted by Gasteiger charge is -2.21. The van der Waals surface area contributed by atoms with E-state index in [2.05, 4.69) is 236 Å². The molecule has 2 heteroatoms. The second-order valence-electron chi connectivity index (χ2n) is 16.2. The lowest BCUT2D eigenvalue weighted by molar-refractivity contribution is 0.661. The van der Waals surface area contributed by atoms with Crippen molar-refractivity contribution in [3.8, 4) is 61.3 Å². The number of hydrogen-bond acceptors (Lipinski definition) is 1. The van der Waals surface area contributed by atoms with Crippen LogP contribution in [0.25, 0.3) is 83.1 Å². The molecule has 0 saturated heterocycles. The van der Waals surface area contributed by atoms with Gasteiger partial charge >= 0.3 is 0 Å². The third-order valence-electron chi connectivity index (χ3n) is 12.4. The van der Waals surface area contributed by atoms with Gasteiger partial charge in [-0.2, -0.15) is 0 Å². The summed E-state index contributed by atoms with van der Waals surface area (Å²) in [4.78, 5) is 0. The van der Waals surface area contributed by atoms with Crippen LogP contribution in [0.15, 0.2) is 212 Å². The van der Waals surface area contributed by atoms with E-state index >= 15 is 0 Å². The SMILES string of the molecule is CC1(C)c2ccccc2-c2c1ccc1c2c2cc(-c3ccc(Nc4cccc(-c5ccccc5)c4)c(-c4ccccc4)c3)ccc2n1-c1cccc(-c2ccccc2)c1. The number of rotatable bonds is 7. The number of anilines is 2. The molecule has 0 radical (unpaired) electrons. The average Bonchev–Trinajstić information content (AvgIpc) is 3.75. The number of fused-ring (bicyclic) bond motifs is 7. The van der Waals surface area contributed by atoms with Crippen molar-refractivity contribution in [1.29, 1.82) is 0 Å². The highest BCUT2D eigenvalue weighted by molar-refractivity contribution is 6.18. The first-order valence-electron chi connectivity index (χ1n) is 20.5. The van der Waals surface area contributed by atoms with Gasteiger partial charge in [0.1, 0.15) is 0 Å². The predicted molar refractivity (Wildman–Crippen MR) is 250 cm³/mol. The van der Waals surface area contributed by atoms with E-state index in [1.54, 1.807) is 0 Å². The molecule has 0 fully saturated rings. The molecule has 1 N–H and O–H groups in total. The van der Waals surface area contributed by atoms with Gasteiger partial charge in [0.25, 0.3) is 0 Å². The molecule has 9 aromatic carbocycles. The maximum atomic E-state index is 3.79. The molecule has 11 rings (SSSR count). The van der Waals surface area contributed by atoms with E-state index in [1.807, 2.05) is 0 Å². The zero-order valence-electron chi connectivity index (χ0n) is 33.2. The van der Waals surface area contributed by atoms with E-state index < -0.39 is 0 Å². The fourth-order valence-electron chi connectivity index (χ4n) is 9.47. The van der Waals surface area contributed by atoms with E-state index in [1.165, 1.54) is 83.0 Å². The number of aromatic nitrogens is 1. The van der Waals surface area contributed by atoms with Crippen molar-refractivity contribution in [2.75, 3.05) is 5.32 Å². The molecule has 280 valence electrons. The molecular formula is C57H42N2. The van der Waals surface area contributed by atoms with Crippen molar-refractivity contribution in [3.05, 3.63) is 223 Å². The summed E-state index contributed by atoms with van der Waals surface area (Å²) in [5, 5.41) is 6.36. The minimum atomic E-state index is -0.104. The van der Waals surface area contributed by atoms with E-state index in [0.717, 1.165) is 22.6 Å². The van der Waals surface area contributed by atoms with Crippen LogP contribution < -0.4 is 5.32 Å². The molecule has 1 aliphatic carbocycles. The maximum Gasteiger partial charge on any atom is 0.0547 e. The molecule has 0 atom stereocenters. The molecule has 0 aliphatic heterocycles. The van der Waals surface area contributed by atoms with Crippen LogP contribution in [0, 0.1) is 0 Å². The first-order chi connectivity index (χ1) is 29.0. The van der Waals surface area contributed by atoms with E-state index in [4.69, 9.17) is 0 Å². The van der Waals surface area contributed by atoms with Gasteiger partial charge in [-0.3, -0.25) is 0 Å². The van der Waals surface area contributed by atoms with Crippen molar-refractivity contribution in [1.82, 2.24) is 4.57 Å². The smallest absolute Gasteiger partial charge is 0.0547 e. The van der Waals surface area contributed by atoms with Crippen LogP contribution >= 0.6 is 0 Å². The number of nitrogens with one attached hydrogen (secondary N) is 1. The van der Waals surface area contributed by atoms with Gasteiger partial charge < -0.3 is 9.88 Å². The zero-order valence-corrected chi connectivity index (χ0v) is 33.2. The highest BCUT2D eigenvalue weighted by atomic mass is 15.0. The first-order valence-corrected chi connectivity index (χ1v) is 20.5. The van der Waals surface area contributed by atoms with Crippen molar-refractivity contribution >= 4 is 33.2 Å². The molecule has 2 nitrogen and oxygen atoms in total. The summed E-state index contributed by atoms with van der Waals surface area (Å²) in [5.74, 6) is 0. The van der Waals surface area contributed by atoms with Gasteiger partial charge in [-0.05, 0) is 116 Å². The summed E-state index contributed by atoms with van der Waals surface area (Å²) >= 11 is 0. The van der Waals surface area contributed by atoms with E-state index in [9.17, 15) is 0 Å². The minimum absolute atomic E-state index is 0.104. The quantitative estimate of drug-likeness (QED) is 0.171. The fourth-order valence-corrected chi connectivity index (χ4v) is 9.47. The summed E-state index contributed by atoms with van der Waals surface area (Å²) < 4.78 is 2.47. The molecule has 0 bridgehead atoms. The monoisotopic (exact) mass is 754 g/mol. The molecular weight excluding hydrogens is 713 g/mol. The molecule has 59 heavy (non-hydrogen) atoms. The Balaban J connectivity index is 1.10. The number of hydrogen-bond donors (Lipinski definition) is 1. The third-order valence-corrected chi connectivity index (χ3v) is 12.4. The highest BCUT2D eigenvalue weighted by Crippen LogP contribution is 2.53. The van der Waals surface area contributed by atoms with Crippen LogP contribution in [0.4, 0.5) is 11.4 Å². The molecule has 0 saturated carbocycles. The minimum Gasteiger partial charge on any atom is -0.355 e. The normalized spacial score (nSPS) is 12.7. The predicted octanol–water partition coefficient (Wildman–Crippen LogP) is 15.5. The summed E-state index contributed by atoms with van der Waals surface area (Å²) in [6.07, 6.45) is 0. The first kappa shape index (κ1) is 34.8. The molecule has 1 aliphatic rings. The molecule has 0 amide bonds. The second-order valence-corrected chi connectivity index (χ2v) is 16.2. The van der Waals surface area contributed by atoms with Crippen molar-refractivity contribution < 1.29 is 0 Å². The Hall–Kier alpha value is -7.42. The molecule has 1 heterocycles. The summed E-state index contributed by atoms with van der Waals surface area (Å²) in [7, 11) is 0. The Morgan fingerprint density at radius 1 is 0.390 bits per heavy atom. The van der Waals surface area contributed by atoms with Gasteiger partial charge in [-0.25, -0.2) is 0 Å². The zero-order chi connectivity index (χ0) is 39.5. The highest BCUT2D eigenvalue weighted by Gasteiger charge is 2.37. The number of benzene rings is 9. The summed E-state index contributed by atoms with van der Waals surface area (Å²) in [6.45, 7) is 4.74. The third kappa shape index (κ3) is 5.87.